The summed E-state index contributed by atoms with van der Waals surface area (Å²) in [5, 5.41) is 3.29. The molecular formula is C21H22ClNO4S. The molecule has 0 bridgehead atoms. The smallest absolute Gasteiger partial charge is 0.316 e. The van der Waals surface area contributed by atoms with E-state index in [2.05, 4.69) is 5.32 Å². The van der Waals surface area contributed by atoms with Crippen molar-refractivity contribution in [1.29, 1.82) is 0 Å². The van der Waals surface area contributed by atoms with Crippen molar-refractivity contribution in [3.63, 3.8) is 0 Å². The van der Waals surface area contributed by atoms with Crippen LogP contribution in [0.3, 0.4) is 0 Å². The third-order valence-electron chi connectivity index (χ3n) is 4.05. The van der Waals surface area contributed by atoms with Crippen LogP contribution in [0.4, 0.5) is 5.69 Å². The van der Waals surface area contributed by atoms with Crippen LogP contribution in [0.2, 0.25) is 5.02 Å². The molecule has 7 heteroatoms. The molecule has 0 aliphatic rings. The molecule has 5 nitrogen and oxygen atoms in total. The monoisotopic (exact) mass is 419 g/mol. The number of aryl methyl sites for hydroxylation is 2. The van der Waals surface area contributed by atoms with Gasteiger partial charge in [0.1, 0.15) is 0 Å². The maximum absolute atomic E-state index is 12.4. The van der Waals surface area contributed by atoms with E-state index in [0.717, 1.165) is 22.9 Å². The predicted octanol–water partition coefficient (Wildman–Crippen LogP) is 4.44. The highest BCUT2D eigenvalue weighted by molar-refractivity contribution is 8.00. The third kappa shape index (κ3) is 6.69. The number of carbonyl (C=O) groups is 3. The van der Waals surface area contributed by atoms with Gasteiger partial charge in [0, 0.05) is 16.3 Å². The number of esters is 1. The van der Waals surface area contributed by atoms with E-state index in [1.54, 1.807) is 43.3 Å². The second-order valence-electron chi connectivity index (χ2n) is 6.34. The fourth-order valence-corrected chi connectivity index (χ4v) is 3.09. The molecule has 0 saturated heterocycles. The topological polar surface area (TPSA) is 72.5 Å². The van der Waals surface area contributed by atoms with Gasteiger partial charge in [0.2, 0.25) is 11.7 Å². The molecule has 0 aliphatic carbocycles. The number of ether oxygens (including phenoxy) is 1. The van der Waals surface area contributed by atoms with Crippen LogP contribution >= 0.6 is 23.4 Å². The van der Waals surface area contributed by atoms with E-state index in [1.807, 2.05) is 19.9 Å². The van der Waals surface area contributed by atoms with E-state index >= 15 is 0 Å². The van der Waals surface area contributed by atoms with Crippen LogP contribution in [0.15, 0.2) is 42.5 Å². The maximum Gasteiger partial charge on any atom is 0.316 e. The lowest BCUT2D eigenvalue weighted by molar-refractivity contribution is -0.143. The van der Waals surface area contributed by atoms with Crippen LogP contribution in [0, 0.1) is 13.8 Å². The first-order valence-electron chi connectivity index (χ1n) is 8.70. The van der Waals surface area contributed by atoms with Crippen molar-refractivity contribution in [3.8, 4) is 0 Å². The highest BCUT2D eigenvalue weighted by Crippen LogP contribution is 2.15. The lowest BCUT2D eigenvalue weighted by atomic mass is 10.0. The Labute approximate surface area is 173 Å². The molecule has 2 rings (SSSR count). The summed E-state index contributed by atoms with van der Waals surface area (Å²) in [5.41, 5.74) is 3.24. The van der Waals surface area contributed by atoms with Crippen LogP contribution in [-0.2, 0) is 14.3 Å². The van der Waals surface area contributed by atoms with E-state index in [1.165, 1.54) is 0 Å². The van der Waals surface area contributed by atoms with Crippen molar-refractivity contribution in [2.45, 2.75) is 26.9 Å². The van der Waals surface area contributed by atoms with Crippen LogP contribution in [0.1, 0.15) is 28.4 Å². The number of ketones is 1. The minimum absolute atomic E-state index is 0.0153. The first-order valence-corrected chi connectivity index (χ1v) is 10.2. The van der Waals surface area contributed by atoms with Crippen molar-refractivity contribution >= 4 is 46.7 Å². The molecule has 28 heavy (non-hydrogen) atoms. The van der Waals surface area contributed by atoms with Gasteiger partial charge < -0.3 is 10.1 Å². The number of Topliss-reactive ketones (excluding diaryl/α,β-unsaturated/α-hetero) is 1. The molecule has 1 N–H and O–H groups in total. The summed E-state index contributed by atoms with van der Waals surface area (Å²) in [6.45, 7) is 5.44. The maximum atomic E-state index is 12.4. The Morgan fingerprint density at radius 1 is 1.04 bits per heavy atom. The Kier molecular flexibility index (Phi) is 8.08. The molecule has 2 aromatic carbocycles. The highest BCUT2D eigenvalue weighted by atomic mass is 35.5. The third-order valence-corrected chi connectivity index (χ3v) is 5.21. The lowest BCUT2D eigenvalue weighted by Crippen LogP contribution is -2.26. The summed E-state index contributed by atoms with van der Waals surface area (Å²) >= 11 is 6.91. The van der Waals surface area contributed by atoms with Crippen LogP contribution in [0.25, 0.3) is 0 Å². The van der Waals surface area contributed by atoms with Crippen molar-refractivity contribution < 1.29 is 19.1 Å². The zero-order valence-electron chi connectivity index (χ0n) is 16.0. The number of thioether (sulfide) groups is 1. The zero-order valence-corrected chi connectivity index (χ0v) is 17.5. The molecule has 148 valence electrons. The summed E-state index contributed by atoms with van der Waals surface area (Å²) in [5.74, 6) is -0.939. The molecule has 0 heterocycles. The van der Waals surface area contributed by atoms with Gasteiger partial charge in [-0.15, -0.1) is 11.8 Å². The van der Waals surface area contributed by atoms with E-state index in [9.17, 15) is 14.4 Å². The number of anilines is 1. The summed E-state index contributed by atoms with van der Waals surface area (Å²) in [4.78, 5) is 36.2. The van der Waals surface area contributed by atoms with Gasteiger partial charge in [-0.3, -0.25) is 14.4 Å². The summed E-state index contributed by atoms with van der Waals surface area (Å²) in [7, 11) is 0. The van der Waals surface area contributed by atoms with Crippen molar-refractivity contribution in [2.75, 3.05) is 16.8 Å². The number of amides is 1. The molecule has 0 spiro atoms. The minimum Gasteiger partial charge on any atom is -0.454 e. The Bertz CT molecular complexity index is 867. The van der Waals surface area contributed by atoms with E-state index in [4.69, 9.17) is 16.3 Å². The van der Waals surface area contributed by atoms with Gasteiger partial charge in [-0.05, 0) is 62.2 Å². The molecular weight excluding hydrogens is 398 g/mol. The zero-order chi connectivity index (χ0) is 20.7. The number of benzene rings is 2. The van der Waals surface area contributed by atoms with Gasteiger partial charge in [0.15, 0.2) is 6.10 Å². The Morgan fingerprint density at radius 3 is 2.36 bits per heavy atom. The first-order chi connectivity index (χ1) is 13.3. The Morgan fingerprint density at radius 2 is 1.71 bits per heavy atom. The predicted molar refractivity (Wildman–Crippen MR) is 113 cm³/mol. The highest BCUT2D eigenvalue weighted by Gasteiger charge is 2.20. The molecule has 1 atom stereocenters. The van der Waals surface area contributed by atoms with Gasteiger partial charge >= 0.3 is 5.97 Å². The number of nitrogens with one attached hydrogen (secondary N) is 1. The molecule has 0 aromatic heterocycles. The van der Waals surface area contributed by atoms with Gasteiger partial charge in [-0.1, -0.05) is 23.7 Å². The second kappa shape index (κ2) is 10.3. The molecule has 0 radical (unpaired) electrons. The summed E-state index contributed by atoms with van der Waals surface area (Å²) in [6, 6.07) is 12.1. The average molecular weight is 420 g/mol. The molecule has 0 aliphatic heterocycles. The normalized spacial score (nSPS) is 11.6. The van der Waals surface area contributed by atoms with Crippen LogP contribution in [-0.4, -0.2) is 35.3 Å². The Hall–Kier alpha value is -2.31. The Balaban J connectivity index is 1.75. The van der Waals surface area contributed by atoms with E-state index in [0.29, 0.717) is 16.3 Å². The number of rotatable bonds is 8. The quantitative estimate of drug-likeness (QED) is 0.505. The minimum atomic E-state index is -0.877. The van der Waals surface area contributed by atoms with Crippen LogP contribution < -0.4 is 5.32 Å². The summed E-state index contributed by atoms with van der Waals surface area (Å²) < 4.78 is 5.19. The van der Waals surface area contributed by atoms with Crippen molar-refractivity contribution in [2.24, 2.45) is 0 Å². The average Bonchev–Trinajstić information content (AvgIpc) is 2.65. The number of hydrogen-bond donors (Lipinski definition) is 1. The van der Waals surface area contributed by atoms with Gasteiger partial charge in [-0.2, -0.15) is 0 Å². The van der Waals surface area contributed by atoms with Gasteiger partial charge in [0.25, 0.3) is 0 Å². The lowest BCUT2D eigenvalue weighted by Gasteiger charge is -2.13. The molecule has 1 amide bonds. The standard InChI is InChI=1S/C21H22ClNO4S/c1-13-4-5-16(10-14(13)2)21(26)15(3)27-20(25)12-28-11-19(24)23-18-8-6-17(22)7-9-18/h4-10,15H,11-12H2,1-3H3,(H,23,24)/t15-/m1/s1. The molecule has 0 unspecified atom stereocenters. The van der Waals surface area contributed by atoms with Gasteiger partial charge in [-0.25, -0.2) is 0 Å². The molecule has 0 saturated carbocycles. The van der Waals surface area contributed by atoms with Crippen molar-refractivity contribution in [1.82, 2.24) is 0 Å². The largest absolute Gasteiger partial charge is 0.454 e. The number of carbonyl (C=O) groups excluding carboxylic acids is 3. The molecule has 2 aromatic rings. The SMILES string of the molecule is Cc1ccc(C(=O)[C@@H](C)OC(=O)CSCC(=O)Nc2ccc(Cl)cc2)cc1C. The number of halogens is 1. The fraction of sp³-hybridized carbons (Fsp3) is 0.286. The fourth-order valence-electron chi connectivity index (χ4n) is 2.37. The van der Waals surface area contributed by atoms with E-state index in [-0.39, 0.29) is 23.2 Å². The second-order valence-corrected chi connectivity index (χ2v) is 7.77. The van der Waals surface area contributed by atoms with Crippen molar-refractivity contribution in [3.05, 3.63) is 64.2 Å². The van der Waals surface area contributed by atoms with Gasteiger partial charge in [0.05, 0.1) is 11.5 Å². The van der Waals surface area contributed by atoms with E-state index < -0.39 is 12.1 Å². The summed E-state index contributed by atoms with van der Waals surface area (Å²) in [6.07, 6.45) is -0.877. The first kappa shape index (κ1) is 22.0. The number of hydrogen-bond acceptors (Lipinski definition) is 5. The van der Waals surface area contributed by atoms with Crippen LogP contribution in [0.5, 0.6) is 0 Å². The molecule has 0 fully saturated rings.